The second-order valence-corrected chi connectivity index (χ2v) is 10.8. The number of hydrogen-bond donors (Lipinski definition) is 1. The summed E-state index contributed by atoms with van der Waals surface area (Å²) in [4.78, 5) is 8.83. The van der Waals surface area contributed by atoms with Crippen LogP contribution < -0.4 is 10.1 Å². The number of anilines is 2. The van der Waals surface area contributed by atoms with Crippen LogP contribution in [0.25, 0.3) is 10.9 Å². The molecule has 1 atom stereocenters. The first-order valence-corrected chi connectivity index (χ1v) is 12.6. The topological polar surface area (TPSA) is 85.7 Å². The summed E-state index contributed by atoms with van der Waals surface area (Å²) in [5.74, 6) is 1.93. The van der Waals surface area contributed by atoms with Gasteiger partial charge in [-0.2, -0.15) is 4.36 Å². The van der Waals surface area contributed by atoms with Crippen molar-refractivity contribution in [1.29, 1.82) is 0 Å². The van der Waals surface area contributed by atoms with Crippen LogP contribution in [0.1, 0.15) is 24.8 Å². The van der Waals surface area contributed by atoms with Crippen molar-refractivity contribution in [2.75, 3.05) is 30.0 Å². The number of aromatic nitrogens is 2. The summed E-state index contributed by atoms with van der Waals surface area (Å²) in [6.07, 6.45) is 4.04. The fraction of sp³-hybridized carbons (Fsp3) is 0.391. The van der Waals surface area contributed by atoms with Gasteiger partial charge in [0.05, 0.1) is 39.8 Å². The molecule has 32 heavy (non-hydrogen) atoms. The van der Waals surface area contributed by atoms with Crippen LogP contribution in [0, 0.1) is 12.7 Å². The average molecular weight is 457 g/mol. The summed E-state index contributed by atoms with van der Waals surface area (Å²) in [7, 11) is -2.17. The van der Waals surface area contributed by atoms with E-state index < -0.39 is 9.73 Å². The van der Waals surface area contributed by atoms with E-state index in [4.69, 9.17) is 9.47 Å². The van der Waals surface area contributed by atoms with Crippen LogP contribution in [0.2, 0.25) is 0 Å². The van der Waals surface area contributed by atoms with E-state index >= 15 is 0 Å². The minimum absolute atomic E-state index is 0.108. The van der Waals surface area contributed by atoms with Crippen LogP contribution >= 0.6 is 0 Å². The predicted molar refractivity (Wildman–Crippen MR) is 123 cm³/mol. The predicted octanol–water partition coefficient (Wildman–Crippen LogP) is 4.88. The summed E-state index contributed by atoms with van der Waals surface area (Å²) >= 11 is 0. The third-order valence-electron chi connectivity index (χ3n) is 5.75. The number of fused-ring (bicyclic) bond motifs is 1. The molecule has 7 nitrogen and oxygen atoms in total. The number of benzene rings is 2. The molecule has 168 valence electrons. The van der Waals surface area contributed by atoms with Crippen molar-refractivity contribution in [2.45, 2.75) is 32.3 Å². The zero-order valence-corrected chi connectivity index (χ0v) is 18.7. The van der Waals surface area contributed by atoms with Crippen LogP contribution in [0.15, 0.2) is 41.0 Å². The second kappa shape index (κ2) is 8.63. The maximum atomic E-state index is 13.9. The van der Waals surface area contributed by atoms with Crippen LogP contribution in [0.5, 0.6) is 5.75 Å². The number of nitrogens with zero attached hydrogens (tertiary/aromatic N) is 3. The third-order valence-corrected chi connectivity index (χ3v) is 8.14. The minimum Gasteiger partial charge on any atom is -0.486 e. The van der Waals surface area contributed by atoms with E-state index in [0.29, 0.717) is 53.2 Å². The molecule has 1 N–H and O–H groups in total. The first-order valence-electron chi connectivity index (χ1n) is 10.8. The molecule has 2 saturated heterocycles. The highest BCUT2D eigenvalue weighted by Crippen LogP contribution is 2.35. The Hall–Kier alpha value is -2.78. The van der Waals surface area contributed by atoms with Gasteiger partial charge in [0.25, 0.3) is 0 Å². The van der Waals surface area contributed by atoms with E-state index in [-0.39, 0.29) is 11.9 Å². The molecule has 2 aliphatic heterocycles. The molecule has 2 aliphatic rings. The lowest BCUT2D eigenvalue weighted by atomic mass is 10.1. The summed E-state index contributed by atoms with van der Waals surface area (Å²) in [5.41, 5.74) is 2.91. The van der Waals surface area contributed by atoms with Crippen molar-refractivity contribution in [3.8, 4) is 5.75 Å². The quantitative estimate of drug-likeness (QED) is 0.589. The van der Waals surface area contributed by atoms with E-state index in [9.17, 15) is 8.60 Å². The first-order chi connectivity index (χ1) is 15.5. The van der Waals surface area contributed by atoms with E-state index in [1.165, 1.54) is 18.5 Å². The first kappa shape index (κ1) is 21.1. The standard InChI is InChI=1S/C23H25FN4O3S/c1-15-10-17(28-32(29)8-2-3-9-32)12-20-22(15)23(26-14-25-20)27-19-5-4-16(24)11-21(19)31-18-6-7-30-13-18/h4-5,10-12,14,18H,2-3,6-9,13H2,1H3,(H,25,26,27). The molecule has 0 bridgehead atoms. The molecule has 2 fully saturated rings. The number of ether oxygens (including phenoxy) is 2. The molecular weight excluding hydrogens is 431 g/mol. The van der Waals surface area contributed by atoms with Gasteiger partial charge in [-0.1, -0.05) is 0 Å². The maximum Gasteiger partial charge on any atom is 0.146 e. The van der Waals surface area contributed by atoms with Gasteiger partial charge in [-0.15, -0.1) is 0 Å². The molecule has 3 aromatic rings. The van der Waals surface area contributed by atoms with E-state index in [2.05, 4.69) is 19.6 Å². The molecule has 0 amide bonds. The highest BCUT2D eigenvalue weighted by atomic mass is 32.2. The van der Waals surface area contributed by atoms with Gasteiger partial charge in [0.2, 0.25) is 0 Å². The average Bonchev–Trinajstić information content (AvgIpc) is 3.42. The van der Waals surface area contributed by atoms with Gasteiger partial charge in [0.1, 0.15) is 29.8 Å². The number of aryl methyl sites for hydroxylation is 1. The molecule has 0 spiro atoms. The number of rotatable bonds is 5. The summed E-state index contributed by atoms with van der Waals surface area (Å²) in [6, 6.07) is 8.15. The SMILES string of the molecule is Cc1cc(N=S2(=O)CCCC2)cc2ncnc(Nc3ccc(F)cc3OC3CCOC3)c12. The highest BCUT2D eigenvalue weighted by Gasteiger charge is 2.20. The Morgan fingerprint density at radius 2 is 2.06 bits per heavy atom. The lowest BCUT2D eigenvalue weighted by Gasteiger charge is -2.17. The molecule has 1 unspecified atom stereocenters. The smallest absolute Gasteiger partial charge is 0.146 e. The normalized spacial score (nSPS) is 19.9. The molecule has 3 heterocycles. The Bertz CT molecular complexity index is 1270. The molecule has 0 aliphatic carbocycles. The van der Waals surface area contributed by atoms with Crippen LogP contribution in [-0.4, -0.2) is 45.0 Å². The Morgan fingerprint density at radius 3 is 2.84 bits per heavy atom. The second-order valence-electron chi connectivity index (χ2n) is 8.23. The van der Waals surface area contributed by atoms with Gasteiger partial charge in [-0.3, -0.25) is 0 Å². The van der Waals surface area contributed by atoms with Crippen molar-refractivity contribution >= 4 is 37.8 Å². The van der Waals surface area contributed by atoms with Crippen molar-refractivity contribution in [2.24, 2.45) is 4.36 Å². The molecule has 0 radical (unpaired) electrons. The van der Waals surface area contributed by atoms with Crippen molar-refractivity contribution in [3.05, 3.63) is 48.0 Å². The van der Waals surface area contributed by atoms with Crippen LogP contribution in [0.4, 0.5) is 21.6 Å². The van der Waals surface area contributed by atoms with Gasteiger partial charge in [0, 0.05) is 29.4 Å². The van der Waals surface area contributed by atoms with Gasteiger partial charge >= 0.3 is 0 Å². The molecule has 0 saturated carbocycles. The van der Waals surface area contributed by atoms with E-state index in [1.807, 2.05) is 19.1 Å². The fourth-order valence-corrected chi connectivity index (χ4v) is 6.36. The molecule has 5 rings (SSSR count). The van der Waals surface area contributed by atoms with E-state index in [1.54, 1.807) is 6.07 Å². The zero-order chi connectivity index (χ0) is 22.1. The fourth-order valence-electron chi connectivity index (χ4n) is 4.17. The Labute approximate surface area is 186 Å². The Balaban J connectivity index is 1.51. The maximum absolute atomic E-state index is 13.9. The molecule has 2 aromatic carbocycles. The lowest BCUT2D eigenvalue weighted by Crippen LogP contribution is -2.16. The molecule has 1 aromatic heterocycles. The number of nitrogens with one attached hydrogen (secondary N) is 1. The van der Waals surface area contributed by atoms with Crippen molar-refractivity contribution in [1.82, 2.24) is 9.97 Å². The summed E-state index contributed by atoms with van der Waals surface area (Å²) < 4.78 is 42.7. The van der Waals surface area contributed by atoms with Gasteiger partial charge in [0.15, 0.2) is 0 Å². The van der Waals surface area contributed by atoms with Crippen molar-refractivity contribution in [3.63, 3.8) is 0 Å². The summed E-state index contributed by atoms with van der Waals surface area (Å²) in [6.45, 7) is 3.08. The van der Waals surface area contributed by atoms with Gasteiger partial charge in [-0.25, -0.2) is 18.6 Å². The van der Waals surface area contributed by atoms with Crippen molar-refractivity contribution < 1.29 is 18.1 Å². The largest absolute Gasteiger partial charge is 0.486 e. The Morgan fingerprint density at radius 1 is 1.22 bits per heavy atom. The molecule has 9 heteroatoms. The van der Waals surface area contributed by atoms with Gasteiger partial charge < -0.3 is 14.8 Å². The van der Waals surface area contributed by atoms with Gasteiger partial charge in [-0.05, 0) is 49.6 Å². The lowest BCUT2D eigenvalue weighted by molar-refractivity contribution is 0.141. The number of hydrogen-bond acceptors (Lipinski definition) is 7. The zero-order valence-electron chi connectivity index (χ0n) is 17.8. The van der Waals surface area contributed by atoms with Crippen LogP contribution in [-0.2, 0) is 14.5 Å². The van der Waals surface area contributed by atoms with Crippen LogP contribution in [0.3, 0.4) is 0 Å². The monoisotopic (exact) mass is 456 g/mol. The minimum atomic E-state index is -2.17. The summed E-state index contributed by atoms with van der Waals surface area (Å²) in [5, 5.41) is 4.11. The van der Waals surface area contributed by atoms with E-state index in [0.717, 1.165) is 30.2 Å². The molecular formula is C23H25FN4O3S. The highest BCUT2D eigenvalue weighted by molar-refractivity contribution is 7.93. The third kappa shape index (κ3) is 4.40. The Kier molecular flexibility index (Phi) is 5.69. The number of halogens is 1.